The molecule has 4 nitrogen and oxygen atoms in total. The Morgan fingerprint density at radius 1 is 1.00 bits per heavy atom. The number of halogens is 1. The molecule has 2 amide bonds. The summed E-state index contributed by atoms with van der Waals surface area (Å²) in [5.74, 6) is -0.307. The lowest BCUT2D eigenvalue weighted by Gasteiger charge is -2.41. The summed E-state index contributed by atoms with van der Waals surface area (Å²) in [6.45, 7) is 2.47. The molecule has 2 aromatic rings. The van der Waals surface area contributed by atoms with Gasteiger partial charge in [0.05, 0.1) is 6.04 Å². The second-order valence-corrected chi connectivity index (χ2v) is 6.78. The summed E-state index contributed by atoms with van der Waals surface area (Å²) in [6.07, 6.45) is 2.53. The van der Waals surface area contributed by atoms with Crippen LogP contribution in [-0.4, -0.2) is 41.5 Å². The van der Waals surface area contributed by atoms with Crippen LogP contribution >= 0.6 is 0 Å². The van der Waals surface area contributed by atoms with Crippen LogP contribution in [0.5, 0.6) is 0 Å². The third kappa shape index (κ3) is 3.66. The van der Waals surface area contributed by atoms with E-state index in [0.29, 0.717) is 18.3 Å². The standard InChI is InChI=1S/C20H22FN3O/c21-16-6-8-17(9-7-16)22-20(25)24-13-12-23(18-10-11-18)14-19(24)15-4-2-1-3-5-15/h1-9,18-19H,10-14H2,(H,22,25). The number of nitrogens with zero attached hydrogens (tertiary/aromatic N) is 2. The molecular weight excluding hydrogens is 317 g/mol. The number of urea groups is 1. The van der Waals surface area contributed by atoms with Crippen LogP contribution in [0.2, 0.25) is 0 Å². The van der Waals surface area contributed by atoms with Crippen molar-refractivity contribution >= 4 is 11.7 Å². The number of hydrogen-bond donors (Lipinski definition) is 1. The average Bonchev–Trinajstić information content (AvgIpc) is 3.49. The number of nitrogens with one attached hydrogen (secondary N) is 1. The van der Waals surface area contributed by atoms with Gasteiger partial charge in [0.1, 0.15) is 5.82 Å². The molecule has 0 spiro atoms. The molecule has 1 N–H and O–H groups in total. The Bertz CT molecular complexity index is 730. The molecular formula is C20H22FN3O. The highest BCUT2D eigenvalue weighted by molar-refractivity contribution is 5.89. The van der Waals surface area contributed by atoms with E-state index < -0.39 is 0 Å². The molecule has 4 rings (SSSR count). The molecule has 2 aliphatic rings. The lowest BCUT2D eigenvalue weighted by Crippen LogP contribution is -2.52. The molecule has 2 aromatic carbocycles. The van der Waals surface area contributed by atoms with Gasteiger partial charge in [0.15, 0.2) is 0 Å². The van der Waals surface area contributed by atoms with Crippen molar-refractivity contribution in [2.75, 3.05) is 25.0 Å². The van der Waals surface area contributed by atoms with Gasteiger partial charge in [-0.25, -0.2) is 9.18 Å². The van der Waals surface area contributed by atoms with E-state index in [4.69, 9.17) is 0 Å². The molecule has 1 saturated heterocycles. The number of amides is 2. The van der Waals surface area contributed by atoms with E-state index in [-0.39, 0.29) is 17.9 Å². The molecule has 25 heavy (non-hydrogen) atoms. The smallest absolute Gasteiger partial charge is 0.315 e. The molecule has 1 aliphatic carbocycles. The summed E-state index contributed by atoms with van der Waals surface area (Å²) in [5, 5.41) is 2.90. The zero-order valence-corrected chi connectivity index (χ0v) is 14.1. The zero-order chi connectivity index (χ0) is 17.2. The Morgan fingerprint density at radius 2 is 1.72 bits per heavy atom. The van der Waals surface area contributed by atoms with Gasteiger partial charge in [-0.3, -0.25) is 4.90 Å². The van der Waals surface area contributed by atoms with Crippen LogP contribution in [0.4, 0.5) is 14.9 Å². The fraction of sp³-hybridized carbons (Fsp3) is 0.350. The van der Waals surface area contributed by atoms with Crippen LogP contribution in [0.3, 0.4) is 0 Å². The quantitative estimate of drug-likeness (QED) is 0.921. The van der Waals surface area contributed by atoms with Gasteiger partial charge < -0.3 is 10.2 Å². The molecule has 1 heterocycles. The van der Waals surface area contributed by atoms with Gasteiger partial charge in [0.2, 0.25) is 0 Å². The van der Waals surface area contributed by atoms with E-state index >= 15 is 0 Å². The maximum absolute atomic E-state index is 13.1. The molecule has 5 heteroatoms. The molecule has 1 aliphatic heterocycles. The summed E-state index contributed by atoms with van der Waals surface area (Å²) >= 11 is 0. The van der Waals surface area contributed by atoms with Gasteiger partial charge in [-0.1, -0.05) is 30.3 Å². The normalized spacial score (nSPS) is 21.2. The Morgan fingerprint density at radius 3 is 2.40 bits per heavy atom. The Labute approximate surface area is 147 Å². The van der Waals surface area contributed by atoms with Crippen LogP contribution in [0.15, 0.2) is 54.6 Å². The van der Waals surface area contributed by atoms with Crippen LogP contribution in [-0.2, 0) is 0 Å². The van der Waals surface area contributed by atoms with Gasteiger partial charge >= 0.3 is 6.03 Å². The first-order chi connectivity index (χ1) is 12.2. The number of carbonyl (C=O) groups excluding carboxylic acids is 1. The maximum atomic E-state index is 13.1. The Balaban J connectivity index is 1.53. The van der Waals surface area contributed by atoms with Gasteiger partial charge in [-0.05, 0) is 42.7 Å². The summed E-state index contributed by atoms with van der Waals surface area (Å²) in [4.78, 5) is 17.2. The van der Waals surface area contributed by atoms with Gasteiger partial charge in [-0.15, -0.1) is 0 Å². The zero-order valence-electron chi connectivity index (χ0n) is 14.1. The summed E-state index contributed by atoms with van der Waals surface area (Å²) in [7, 11) is 0. The third-order valence-corrected chi connectivity index (χ3v) is 5.02. The second-order valence-electron chi connectivity index (χ2n) is 6.78. The number of carbonyl (C=O) groups is 1. The predicted molar refractivity (Wildman–Crippen MR) is 95.9 cm³/mol. The second kappa shape index (κ2) is 6.84. The van der Waals surface area contributed by atoms with Crippen molar-refractivity contribution in [2.45, 2.75) is 24.9 Å². The van der Waals surface area contributed by atoms with E-state index in [1.54, 1.807) is 12.1 Å². The fourth-order valence-electron chi connectivity index (χ4n) is 3.51. The van der Waals surface area contributed by atoms with Crippen LogP contribution in [0, 0.1) is 5.82 Å². The van der Waals surface area contributed by atoms with E-state index in [1.807, 2.05) is 23.1 Å². The SMILES string of the molecule is O=C(Nc1ccc(F)cc1)N1CCN(C2CC2)CC1c1ccccc1. The minimum atomic E-state index is -0.307. The topological polar surface area (TPSA) is 35.6 Å². The number of rotatable bonds is 3. The molecule has 0 radical (unpaired) electrons. The monoisotopic (exact) mass is 339 g/mol. The largest absolute Gasteiger partial charge is 0.322 e. The highest BCUT2D eigenvalue weighted by Crippen LogP contribution is 2.33. The number of benzene rings is 2. The molecule has 0 bridgehead atoms. The van der Waals surface area contributed by atoms with Crippen molar-refractivity contribution in [1.82, 2.24) is 9.80 Å². The average molecular weight is 339 g/mol. The molecule has 130 valence electrons. The highest BCUT2D eigenvalue weighted by atomic mass is 19.1. The first-order valence-electron chi connectivity index (χ1n) is 8.83. The lowest BCUT2D eigenvalue weighted by molar-refractivity contribution is 0.0954. The van der Waals surface area contributed by atoms with Crippen molar-refractivity contribution in [3.8, 4) is 0 Å². The first kappa shape index (κ1) is 16.1. The lowest BCUT2D eigenvalue weighted by atomic mass is 10.0. The van der Waals surface area contributed by atoms with E-state index in [1.165, 1.54) is 25.0 Å². The highest BCUT2D eigenvalue weighted by Gasteiger charge is 2.37. The summed E-state index contributed by atoms with van der Waals surface area (Å²) in [5.41, 5.74) is 1.77. The van der Waals surface area contributed by atoms with Crippen LogP contribution in [0.1, 0.15) is 24.4 Å². The van der Waals surface area contributed by atoms with Crippen LogP contribution < -0.4 is 5.32 Å². The number of piperazine rings is 1. The van der Waals surface area contributed by atoms with Gasteiger partial charge in [0, 0.05) is 31.4 Å². The fourth-order valence-corrected chi connectivity index (χ4v) is 3.51. The van der Waals surface area contributed by atoms with E-state index in [2.05, 4.69) is 22.3 Å². The minimum Gasteiger partial charge on any atom is -0.315 e. The van der Waals surface area contributed by atoms with Crippen molar-refractivity contribution in [3.63, 3.8) is 0 Å². The van der Waals surface area contributed by atoms with Gasteiger partial charge in [0.25, 0.3) is 0 Å². The molecule has 1 saturated carbocycles. The third-order valence-electron chi connectivity index (χ3n) is 5.02. The molecule has 1 atom stereocenters. The van der Waals surface area contributed by atoms with Crippen molar-refractivity contribution in [1.29, 1.82) is 0 Å². The summed E-state index contributed by atoms with van der Waals surface area (Å²) < 4.78 is 13.1. The number of anilines is 1. The Hall–Kier alpha value is -2.40. The van der Waals surface area contributed by atoms with Crippen molar-refractivity contribution in [2.24, 2.45) is 0 Å². The molecule has 0 aromatic heterocycles. The number of hydrogen-bond acceptors (Lipinski definition) is 2. The molecule has 1 unspecified atom stereocenters. The maximum Gasteiger partial charge on any atom is 0.322 e. The predicted octanol–water partition coefficient (Wildman–Crippen LogP) is 3.88. The van der Waals surface area contributed by atoms with E-state index in [0.717, 1.165) is 18.7 Å². The Kier molecular flexibility index (Phi) is 4.40. The van der Waals surface area contributed by atoms with Crippen molar-refractivity contribution in [3.05, 3.63) is 66.0 Å². The molecule has 2 fully saturated rings. The van der Waals surface area contributed by atoms with E-state index in [9.17, 15) is 9.18 Å². The minimum absolute atomic E-state index is 0.0380. The van der Waals surface area contributed by atoms with Crippen LogP contribution in [0.25, 0.3) is 0 Å². The summed E-state index contributed by atoms with van der Waals surface area (Å²) in [6, 6.07) is 16.7. The first-order valence-corrected chi connectivity index (χ1v) is 8.83. The van der Waals surface area contributed by atoms with Crippen molar-refractivity contribution < 1.29 is 9.18 Å². The van der Waals surface area contributed by atoms with Gasteiger partial charge in [-0.2, -0.15) is 0 Å².